The molecule has 66 heavy (non-hydrogen) atoms. The standard InChI is InChI=1S/C64H47NO/c1-63(2)57-36-46(40-12-6-5-7-13-40)22-29-51(57)53-31-27-49(38-59(53)63)65(48-25-20-42(21-26-48)44-19-18-41-14-8-9-15-43(41)34-44)50-28-32-54-52-30-23-47(37-58(52)64(3,4)60(54)39-50)45-24-33-62-56(35-45)55-16-10-11-17-61(55)66-62/h5-39H,1-4H3. The Hall–Kier alpha value is -7.94. The molecule has 2 nitrogen and oxygen atoms in total. The number of anilines is 3. The lowest BCUT2D eigenvalue weighted by Crippen LogP contribution is -2.18. The highest BCUT2D eigenvalue weighted by Gasteiger charge is 2.38. The molecule has 0 unspecified atom stereocenters. The molecule has 0 N–H and O–H groups in total. The number of benzene rings is 10. The van der Waals surface area contributed by atoms with Crippen LogP contribution in [0.1, 0.15) is 49.9 Å². The van der Waals surface area contributed by atoms with E-state index in [-0.39, 0.29) is 10.8 Å². The Morgan fingerprint density at radius 1 is 0.303 bits per heavy atom. The SMILES string of the molecule is CC1(C)c2cc(-c3ccccc3)ccc2-c2ccc(N(c3ccc(-c4ccc5ccccc5c4)cc3)c3ccc4c(c3)C(C)(C)c3cc(-c5ccc6oc7ccccc7c6c5)ccc3-4)cc21. The summed E-state index contributed by atoms with van der Waals surface area (Å²) in [5, 5.41) is 4.80. The maximum absolute atomic E-state index is 6.19. The quantitative estimate of drug-likeness (QED) is 0.166. The topological polar surface area (TPSA) is 16.4 Å². The molecule has 2 aliphatic carbocycles. The van der Waals surface area contributed by atoms with E-state index in [2.05, 4.69) is 233 Å². The summed E-state index contributed by atoms with van der Waals surface area (Å²) in [7, 11) is 0. The summed E-state index contributed by atoms with van der Waals surface area (Å²) in [5.74, 6) is 0. The molecule has 0 fully saturated rings. The van der Waals surface area contributed by atoms with Crippen LogP contribution in [0.4, 0.5) is 17.1 Å². The third-order valence-corrected chi connectivity index (χ3v) is 14.9. The monoisotopic (exact) mass is 845 g/mol. The molecule has 2 aliphatic rings. The predicted octanol–water partition coefficient (Wildman–Crippen LogP) is 17.8. The summed E-state index contributed by atoms with van der Waals surface area (Å²) in [4.78, 5) is 2.47. The Labute approximate surface area is 386 Å². The third kappa shape index (κ3) is 5.88. The van der Waals surface area contributed by atoms with Crippen LogP contribution < -0.4 is 4.90 Å². The Kier molecular flexibility index (Phi) is 8.33. The first-order valence-corrected chi connectivity index (χ1v) is 23.1. The lowest BCUT2D eigenvalue weighted by Gasteiger charge is -2.30. The molecule has 1 aromatic heterocycles. The summed E-state index contributed by atoms with van der Waals surface area (Å²) in [6, 6.07) is 78.5. The van der Waals surface area contributed by atoms with Crippen LogP contribution in [0.3, 0.4) is 0 Å². The molecule has 13 rings (SSSR count). The molecule has 0 saturated carbocycles. The van der Waals surface area contributed by atoms with E-state index in [1.165, 1.54) is 88.7 Å². The van der Waals surface area contributed by atoms with E-state index in [4.69, 9.17) is 4.42 Å². The number of furan rings is 1. The van der Waals surface area contributed by atoms with Gasteiger partial charge in [-0.3, -0.25) is 0 Å². The summed E-state index contributed by atoms with van der Waals surface area (Å²) in [5.41, 5.74) is 22.8. The van der Waals surface area contributed by atoms with E-state index in [1.807, 2.05) is 12.1 Å². The summed E-state index contributed by atoms with van der Waals surface area (Å²) in [6.07, 6.45) is 0. The molecule has 0 amide bonds. The molecule has 0 spiro atoms. The van der Waals surface area contributed by atoms with E-state index < -0.39 is 0 Å². The van der Waals surface area contributed by atoms with Crippen molar-refractivity contribution in [2.45, 2.75) is 38.5 Å². The molecule has 0 bridgehead atoms. The first-order chi connectivity index (χ1) is 32.2. The molecule has 0 aliphatic heterocycles. The van der Waals surface area contributed by atoms with Crippen molar-refractivity contribution in [3.63, 3.8) is 0 Å². The minimum atomic E-state index is -0.229. The highest BCUT2D eigenvalue weighted by Crippen LogP contribution is 2.54. The van der Waals surface area contributed by atoms with Gasteiger partial charge in [0.15, 0.2) is 0 Å². The van der Waals surface area contributed by atoms with Crippen LogP contribution in [-0.4, -0.2) is 0 Å². The van der Waals surface area contributed by atoms with Gasteiger partial charge in [0.2, 0.25) is 0 Å². The molecule has 1 heterocycles. The zero-order chi connectivity index (χ0) is 44.3. The van der Waals surface area contributed by atoms with Crippen molar-refractivity contribution in [3.05, 3.63) is 235 Å². The van der Waals surface area contributed by atoms with Crippen molar-refractivity contribution < 1.29 is 4.42 Å². The normalized spacial score (nSPS) is 14.0. The van der Waals surface area contributed by atoms with Crippen molar-refractivity contribution in [2.75, 3.05) is 4.90 Å². The third-order valence-electron chi connectivity index (χ3n) is 14.9. The second kappa shape index (κ2) is 14.3. The van der Waals surface area contributed by atoms with Gasteiger partial charge < -0.3 is 9.32 Å². The van der Waals surface area contributed by atoms with Gasteiger partial charge >= 0.3 is 0 Å². The molecule has 0 radical (unpaired) electrons. The number of para-hydroxylation sites is 1. The average Bonchev–Trinajstić information content (AvgIpc) is 3.92. The molecule has 2 heteroatoms. The highest BCUT2D eigenvalue weighted by atomic mass is 16.3. The van der Waals surface area contributed by atoms with E-state index in [9.17, 15) is 0 Å². The van der Waals surface area contributed by atoms with Crippen LogP contribution in [0.5, 0.6) is 0 Å². The molecule has 0 atom stereocenters. The second-order valence-corrected chi connectivity index (χ2v) is 19.3. The Balaban J connectivity index is 0.912. The second-order valence-electron chi connectivity index (χ2n) is 19.3. The number of hydrogen-bond donors (Lipinski definition) is 0. The van der Waals surface area contributed by atoms with Gasteiger partial charge in [-0.25, -0.2) is 0 Å². The fourth-order valence-corrected chi connectivity index (χ4v) is 11.2. The minimum Gasteiger partial charge on any atom is -0.456 e. The van der Waals surface area contributed by atoms with Gasteiger partial charge in [0, 0.05) is 38.7 Å². The smallest absolute Gasteiger partial charge is 0.135 e. The first kappa shape index (κ1) is 38.5. The van der Waals surface area contributed by atoms with Crippen molar-refractivity contribution >= 4 is 49.8 Å². The summed E-state index contributed by atoms with van der Waals surface area (Å²) >= 11 is 0. The Bertz CT molecular complexity index is 3760. The van der Waals surface area contributed by atoms with Gasteiger partial charge in [-0.15, -0.1) is 0 Å². The van der Waals surface area contributed by atoms with Gasteiger partial charge in [-0.05, 0) is 161 Å². The molecule has 11 aromatic rings. The number of nitrogens with zero attached hydrogens (tertiary/aromatic N) is 1. The van der Waals surface area contributed by atoms with Gasteiger partial charge in [-0.1, -0.05) is 167 Å². The van der Waals surface area contributed by atoms with Gasteiger partial charge in [0.1, 0.15) is 11.2 Å². The van der Waals surface area contributed by atoms with E-state index >= 15 is 0 Å². The zero-order valence-corrected chi connectivity index (χ0v) is 37.6. The van der Waals surface area contributed by atoms with Crippen molar-refractivity contribution in [3.8, 4) is 55.6 Å². The number of hydrogen-bond acceptors (Lipinski definition) is 2. The maximum Gasteiger partial charge on any atom is 0.135 e. The molecule has 0 saturated heterocycles. The molecule has 314 valence electrons. The molecular weight excluding hydrogens is 799 g/mol. The number of fused-ring (bicyclic) bond motifs is 10. The first-order valence-electron chi connectivity index (χ1n) is 23.1. The van der Waals surface area contributed by atoms with Gasteiger partial charge in [-0.2, -0.15) is 0 Å². The molecule has 10 aromatic carbocycles. The average molecular weight is 846 g/mol. The van der Waals surface area contributed by atoms with Gasteiger partial charge in [0.05, 0.1) is 0 Å². The van der Waals surface area contributed by atoms with E-state index in [1.54, 1.807) is 0 Å². The fourth-order valence-electron chi connectivity index (χ4n) is 11.2. The number of rotatable bonds is 6. The Morgan fingerprint density at radius 2 is 0.742 bits per heavy atom. The van der Waals surface area contributed by atoms with Crippen LogP contribution in [0.2, 0.25) is 0 Å². The molecular formula is C64H47NO. The van der Waals surface area contributed by atoms with Crippen LogP contribution in [0.25, 0.3) is 88.3 Å². The summed E-state index contributed by atoms with van der Waals surface area (Å²) < 4.78 is 6.19. The largest absolute Gasteiger partial charge is 0.456 e. The fraction of sp³-hybridized carbons (Fsp3) is 0.0938. The van der Waals surface area contributed by atoms with Crippen LogP contribution in [0, 0.1) is 0 Å². The Morgan fingerprint density at radius 3 is 1.41 bits per heavy atom. The zero-order valence-electron chi connectivity index (χ0n) is 37.6. The van der Waals surface area contributed by atoms with Crippen molar-refractivity contribution in [1.82, 2.24) is 0 Å². The van der Waals surface area contributed by atoms with Gasteiger partial charge in [0.25, 0.3) is 0 Å². The van der Waals surface area contributed by atoms with E-state index in [0.29, 0.717) is 0 Å². The highest BCUT2D eigenvalue weighted by molar-refractivity contribution is 6.06. The van der Waals surface area contributed by atoms with Crippen molar-refractivity contribution in [2.24, 2.45) is 0 Å². The van der Waals surface area contributed by atoms with E-state index in [0.717, 1.165) is 39.0 Å². The predicted molar refractivity (Wildman–Crippen MR) is 277 cm³/mol. The van der Waals surface area contributed by atoms with Crippen LogP contribution in [-0.2, 0) is 10.8 Å². The maximum atomic E-state index is 6.19. The lowest BCUT2D eigenvalue weighted by atomic mass is 9.81. The van der Waals surface area contributed by atoms with Crippen LogP contribution in [0.15, 0.2) is 217 Å². The minimum absolute atomic E-state index is 0.189. The lowest BCUT2D eigenvalue weighted by molar-refractivity contribution is 0.660. The van der Waals surface area contributed by atoms with Crippen molar-refractivity contribution in [1.29, 1.82) is 0 Å². The van der Waals surface area contributed by atoms with Crippen LogP contribution >= 0.6 is 0 Å². The summed E-state index contributed by atoms with van der Waals surface area (Å²) in [6.45, 7) is 9.55.